The summed E-state index contributed by atoms with van der Waals surface area (Å²) in [4.78, 5) is 24.4. The molecule has 0 heterocycles. The summed E-state index contributed by atoms with van der Waals surface area (Å²) in [6.07, 6.45) is 53.3. The summed E-state index contributed by atoms with van der Waals surface area (Å²) in [5.74, 6) is -0.0415. The lowest BCUT2D eigenvalue weighted by Gasteiger charge is -2.22. The summed E-state index contributed by atoms with van der Waals surface area (Å²) < 4.78 is 5.45. The molecule has 0 radical (unpaired) electrons. The van der Waals surface area contributed by atoms with Crippen molar-refractivity contribution >= 4 is 11.9 Å². The van der Waals surface area contributed by atoms with Crippen LogP contribution in [0.5, 0.6) is 0 Å². The number of unbranched alkanes of at least 4 members (excludes halogenated alkanes) is 34. The Hall–Kier alpha value is -1.40. The van der Waals surface area contributed by atoms with Gasteiger partial charge >= 0.3 is 5.97 Å². The molecule has 0 aliphatic rings. The van der Waals surface area contributed by atoms with Crippen LogP contribution in [0.3, 0.4) is 0 Å². The molecule has 0 bridgehead atoms. The first-order valence-corrected chi connectivity index (χ1v) is 25.4. The molecule has 0 aromatic heterocycles. The second-order valence-corrected chi connectivity index (χ2v) is 17.5. The van der Waals surface area contributed by atoms with Crippen LogP contribution in [0, 0.1) is 0 Å². The van der Waals surface area contributed by atoms with Crippen LogP contribution in [0.25, 0.3) is 0 Å². The Morgan fingerprint density at radius 2 is 0.825 bits per heavy atom. The predicted octanol–water partition coefficient (Wildman–Crippen LogP) is 15.0. The van der Waals surface area contributed by atoms with Crippen molar-refractivity contribution in [3.05, 3.63) is 12.2 Å². The number of aliphatic hydroxyl groups is 2. The van der Waals surface area contributed by atoms with E-state index in [0.29, 0.717) is 25.9 Å². The number of allylic oxidation sites excluding steroid dienone is 2. The molecular weight excluding hydrogens is 707 g/mol. The third kappa shape index (κ3) is 44.0. The number of aliphatic hydroxyl groups excluding tert-OH is 2. The van der Waals surface area contributed by atoms with E-state index >= 15 is 0 Å². The molecule has 0 aromatic rings. The zero-order valence-electron chi connectivity index (χ0n) is 38.3. The fourth-order valence-electron chi connectivity index (χ4n) is 7.87. The maximum Gasteiger partial charge on any atom is 0.305 e. The van der Waals surface area contributed by atoms with Crippen molar-refractivity contribution < 1.29 is 24.5 Å². The molecule has 0 aliphatic heterocycles. The number of amides is 1. The van der Waals surface area contributed by atoms with E-state index < -0.39 is 12.1 Å². The molecule has 0 fully saturated rings. The standard InChI is InChI=1S/C51H99NO5/c1-3-5-7-9-11-13-14-25-29-33-37-41-45-51(56)57-46-42-38-34-30-26-23-21-19-17-15-16-18-20-22-24-28-32-36-40-44-50(55)52-48(47-53)49(54)43-39-35-31-27-12-10-8-6-4-2/h11,13,48-49,53-54H,3-10,12,14-47H2,1-2H3,(H,52,55)/b13-11-. The van der Waals surface area contributed by atoms with E-state index in [2.05, 4.69) is 31.3 Å². The Balaban J connectivity index is 3.37. The maximum absolute atomic E-state index is 12.4. The SMILES string of the molecule is CCCCC/C=C\CCCCCCCC(=O)OCCCCCCCCCCCCCCCCCCCCCC(=O)NC(CO)C(O)CCCCCCCCCCC. The van der Waals surface area contributed by atoms with Gasteiger partial charge in [0.2, 0.25) is 5.91 Å². The van der Waals surface area contributed by atoms with E-state index in [9.17, 15) is 19.8 Å². The molecule has 0 rings (SSSR count). The number of nitrogens with one attached hydrogen (secondary N) is 1. The van der Waals surface area contributed by atoms with E-state index in [-0.39, 0.29) is 18.5 Å². The van der Waals surface area contributed by atoms with Crippen LogP contribution in [0.1, 0.15) is 277 Å². The second kappa shape index (κ2) is 47.3. The highest BCUT2D eigenvalue weighted by Crippen LogP contribution is 2.16. The van der Waals surface area contributed by atoms with Gasteiger partial charge in [0, 0.05) is 12.8 Å². The maximum atomic E-state index is 12.4. The molecule has 0 aromatic carbocycles. The van der Waals surface area contributed by atoms with Crippen LogP contribution in [-0.4, -0.2) is 47.4 Å². The summed E-state index contributed by atoms with van der Waals surface area (Å²) in [6.45, 7) is 4.90. The van der Waals surface area contributed by atoms with Gasteiger partial charge in [-0.25, -0.2) is 0 Å². The molecule has 6 nitrogen and oxygen atoms in total. The summed E-state index contributed by atoms with van der Waals surface area (Å²) >= 11 is 0. The van der Waals surface area contributed by atoms with E-state index in [4.69, 9.17) is 4.74 Å². The summed E-state index contributed by atoms with van der Waals surface area (Å²) in [7, 11) is 0. The van der Waals surface area contributed by atoms with Crippen LogP contribution in [0.2, 0.25) is 0 Å². The molecule has 0 aliphatic carbocycles. The van der Waals surface area contributed by atoms with Crippen molar-refractivity contribution in [2.45, 2.75) is 289 Å². The zero-order valence-corrected chi connectivity index (χ0v) is 38.3. The first-order valence-electron chi connectivity index (χ1n) is 25.4. The van der Waals surface area contributed by atoms with Gasteiger partial charge in [-0.1, -0.05) is 225 Å². The van der Waals surface area contributed by atoms with Gasteiger partial charge in [0.25, 0.3) is 0 Å². The first kappa shape index (κ1) is 55.6. The molecule has 0 saturated heterocycles. The minimum atomic E-state index is -0.663. The van der Waals surface area contributed by atoms with E-state index in [1.54, 1.807) is 0 Å². The molecule has 338 valence electrons. The molecule has 0 saturated carbocycles. The number of rotatable bonds is 47. The number of ether oxygens (including phenoxy) is 1. The first-order chi connectivity index (χ1) is 28.0. The Morgan fingerprint density at radius 1 is 0.474 bits per heavy atom. The number of hydrogen-bond acceptors (Lipinski definition) is 5. The third-order valence-electron chi connectivity index (χ3n) is 11.8. The van der Waals surface area contributed by atoms with Crippen LogP contribution >= 0.6 is 0 Å². The highest BCUT2D eigenvalue weighted by molar-refractivity contribution is 5.76. The van der Waals surface area contributed by atoms with Gasteiger partial charge < -0.3 is 20.3 Å². The Labute approximate surface area is 355 Å². The average molecular weight is 806 g/mol. The highest BCUT2D eigenvalue weighted by Gasteiger charge is 2.20. The summed E-state index contributed by atoms with van der Waals surface area (Å²) in [5.41, 5.74) is 0. The van der Waals surface area contributed by atoms with Gasteiger partial charge in [-0.15, -0.1) is 0 Å². The monoisotopic (exact) mass is 806 g/mol. The quantitative estimate of drug-likeness (QED) is 0.0323. The van der Waals surface area contributed by atoms with Crippen LogP contribution < -0.4 is 5.32 Å². The molecule has 57 heavy (non-hydrogen) atoms. The van der Waals surface area contributed by atoms with Gasteiger partial charge in [0.1, 0.15) is 0 Å². The zero-order chi connectivity index (χ0) is 41.5. The van der Waals surface area contributed by atoms with Crippen molar-refractivity contribution in [1.29, 1.82) is 0 Å². The lowest BCUT2D eigenvalue weighted by atomic mass is 10.0. The van der Waals surface area contributed by atoms with Crippen molar-refractivity contribution in [3.8, 4) is 0 Å². The van der Waals surface area contributed by atoms with Crippen LogP contribution in [0.4, 0.5) is 0 Å². The number of carbonyl (C=O) groups is 2. The van der Waals surface area contributed by atoms with Crippen molar-refractivity contribution in [1.82, 2.24) is 5.32 Å². The molecule has 3 N–H and O–H groups in total. The van der Waals surface area contributed by atoms with Crippen LogP contribution in [0.15, 0.2) is 12.2 Å². The number of esters is 1. The molecule has 2 unspecified atom stereocenters. The molecular formula is C51H99NO5. The number of hydrogen-bond donors (Lipinski definition) is 3. The normalized spacial score (nSPS) is 12.7. The van der Waals surface area contributed by atoms with Gasteiger partial charge in [-0.05, 0) is 51.4 Å². The molecule has 0 spiro atoms. The van der Waals surface area contributed by atoms with Crippen molar-refractivity contribution in [3.63, 3.8) is 0 Å². The Morgan fingerprint density at radius 3 is 1.28 bits per heavy atom. The molecule has 2 atom stereocenters. The minimum absolute atomic E-state index is 0.00128. The fraction of sp³-hybridized carbons (Fsp3) is 0.922. The second-order valence-electron chi connectivity index (χ2n) is 17.5. The van der Waals surface area contributed by atoms with Crippen molar-refractivity contribution in [2.75, 3.05) is 13.2 Å². The highest BCUT2D eigenvalue weighted by atomic mass is 16.5. The topological polar surface area (TPSA) is 95.9 Å². The number of carbonyl (C=O) groups excluding carboxylic acids is 2. The lowest BCUT2D eigenvalue weighted by Crippen LogP contribution is -2.45. The average Bonchev–Trinajstić information content (AvgIpc) is 3.21. The van der Waals surface area contributed by atoms with Gasteiger partial charge in [0.05, 0.1) is 25.4 Å². The Bertz CT molecular complexity index is 847. The Kier molecular flexibility index (Phi) is 46.1. The fourth-order valence-corrected chi connectivity index (χ4v) is 7.87. The van der Waals surface area contributed by atoms with E-state index in [1.165, 1.54) is 199 Å². The largest absolute Gasteiger partial charge is 0.466 e. The van der Waals surface area contributed by atoms with E-state index in [1.807, 2.05) is 0 Å². The smallest absolute Gasteiger partial charge is 0.305 e. The van der Waals surface area contributed by atoms with Crippen LogP contribution in [-0.2, 0) is 14.3 Å². The predicted molar refractivity (Wildman–Crippen MR) is 246 cm³/mol. The van der Waals surface area contributed by atoms with Gasteiger partial charge in [-0.2, -0.15) is 0 Å². The third-order valence-corrected chi connectivity index (χ3v) is 11.8. The summed E-state index contributed by atoms with van der Waals surface area (Å²) in [5, 5.41) is 23.1. The lowest BCUT2D eigenvalue weighted by molar-refractivity contribution is -0.143. The minimum Gasteiger partial charge on any atom is -0.466 e. The van der Waals surface area contributed by atoms with E-state index in [0.717, 1.165) is 44.9 Å². The molecule has 6 heteroatoms. The summed E-state index contributed by atoms with van der Waals surface area (Å²) in [6, 6.07) is -0.540. The van der Waals surface area contributed by atoms with Gasteiger partial charge in [-0.3, -0.25) is 9.59 Å². The van der Waals surface area contributed by atoms with Gasteiger partial charge in [0.15, 0.2) is 0 Å². The van der Waals surface area contributed by atoms with Crippen molar-refractivity contribution in [2.24, 2.45) is 0 Å². The molecule has 1 amide bonds.